The summed E-state index contributed by atoms with van der Waals surface area (Å²) in [6.45, 7) is 0.551. The molecule has 0 bridgehead atoms. The fourth-order valence-electron chi connectivity index (χ4n) is 2.13. The number of fused-ring (bicyclic) bond motifs is 1. The van der Waals surface area contributed by atoms with Crippen LogP contribution in [0.2, 0.25) is 0 Å². The number of hydrogen-bond donors (Lipinski definition) is 1. The highest BCUT2D eigenvalue weighted by Gasteiger charge is 2.14. The van der Waals surface area contributed by atoms with Gasteiger partial charge >= 0.3 is 0 Å². The number of nitrogens with zero attached hydrogens (tertiary/aromatic N) is 1. The lowest BCUT2D eigenvalue weighted by molar-refractivity contribution is 0.414. The van der Waals surface area contributed by atoms with Crippen molar-refractivity contribution in [3.05, 3.63) is 36.0 Å². The van der Waals surface area contributed by atoms with Crippen LogP contribution in [0.3, 0.4) is 0 Å². The number of hydrogen-bond acceptors (Lipinski definition) is 4. The predicted molar refractivity (Wildman–Crippen MR) is 77.8 cm³/mol. The Kier molecular flexibility index (Phi) is 5.55. The molecule has 20 heavy (non-hydrogen) atoms. The maximum absolute atomic E-state index is 10.7. The van der Waals surface area contributed by atoms with Crippen molar-refractivity contribution in [1.29, 1.82) is 0 Å². The van der Waals surface area contributed by atoms with Gasteiger partial charge in [0.1, 0.15) is 5.75 Å². The van der Waals surface area contributed by atoms with Crippen LogP contribution < -0.4 is 9.64 Å². The number of benzene rings is 1. The van der Waals surface area contributed by atoms with Gasteiger partial charge < -0.3 is 15.1 Å². The SMILES string of the molecule is COc1ccc2c(c1)CC=CN2CCCS(=O)(=O)O.O. The highest BCUT2D eigenvalue weighted by atomic mass is 32.2. The molecule has 0 saturated carbocycles. The van der Waals surface area contributed by atoms with Gasteiger partial charge in [0.05, 0.1) is 12.9 Å². The third-order valence-electron chi connectivity index (χ3n) is 3.02. The quantitative estimate of drug-likeness (QED) is 0.819. The van der Waals surface area contributed by atoms with Gasteiger partial charge in [-0.1, -0.05) is 6.08 Å². The van der Waals surface area contributed by atoms with Gasteiger partial charge in [0, 0.05) is 18.4 Å². The Hall–Kier alpha value is -1.57. The number of rotatable bonds is 5. The van der Waals surface area contributed by atoms with E-state index in [0.717, 1.165) is 23.4 Å². The smallest absolute Gasteiger partial charge is 0.264 e. The molecule has 0 saturated heterocycles. The predicted octanol–water partition coefficient (Wildman–Crippen LogP) is 1.02. The van der Waals surface area contributed by atoms with Crippen molar-refractivity contribution >= 4 is 15.8 Å². The van der Waals surface area contributed by atoms with Crippen molar-refractivity contribution < 1.29 is 23.2 Å². The summed E-state index contributed by atoms with van der Waals surface area (Å²) in [5, 5.41) is 0. The Bertz CT molecular complexity index is 582. The maximum Gasteiger partial charge on any atom is 0.264 e. The fourth-order valence-corrected chi connectivity index (χ4v) is 2.63. The molecule has 1 aromatic carbocycles. The van der Waals surface area contributed by atoms with E-state index in [1.165, 1.54) is 0 Å². The molecular formula is C13H19NO5S. The minimum atomic E-state index is -3.88. The highest BCUT2D eigenvalue weighted by Crippen LogP contribution is 2.29. The van der Waals surface area contributed by atoms with Crippen molar-refractivity contribution in [2.75, 3.05) is 24.3 Å². The Morgan fingerprint density at radius 2 is 2.15 bits per heavy atom. The van der Waals surface area contributed by atoms with Crippen molar-refractivity contribution in [3.63, 3.8) is 0 Å². The van der Waals surface area contributed by atoms with E-state index in [4.69, 9.17) is 9.29 Å². The Balaban J connectivity index is 0.00000200. The average Bonchev–Trinajstić information content (AvgIpc) is 2.37. The monoisotopic (exact) mass is 301 g/mol. The fraction of sp³-hybridized carbons (Fsp3) is 0.385. The number of anilines is 1. The van der Waals surface area contributed by atoms with E-state index in [1.807, 2.05) is 35.4 Å². The lowest BCUT2D eigenvalue weighted by atomic mass is 10.1. The first-order valence-corrected chi connectivity index (χ1v) is 7.66. The first-order chi connectivity index (χ1) is 8.99. The highest BCUT2D eigenvalue weighted by molar-refractivity contribution is 7.85. The summed E-state index contributed by atoms with van der Waals surface area (Å²) in [6, 6.07) is 5.83. The molecular weight excluding hydrogens is 282 g/mol. The van der Waals surface area contributed by atoms with Gasteiger partial charge in [0.25, 0.3) is 10.1 Å². The maximum atomic E-state index is 10.7. The summed E-state index contributed by atoms with van der Waals surface area (Å²) in [5.41, 5.74) is 2.20. The van der Waals surface area contributed by atoms with Gasteiger partial charge in [-0.15, -0.1) is 0 Å². The average molecular weight is 301 g/mol. The summed E-state index contributed by atoms with van der Waals surface area (Å²) in [5.74, 6) is 0.593. The number of methoxy groups -OCH3 is 1. The van der Waals surface area contributed by atoms with E-state index in [9.17, 15) is 8.42 Å². The van der Waals surface area contributed by atoms with E-state index in [2.05, 4.69) is 0 Å². The molecule has 1 heterocycles. The van der Waals surface area contributed by atoms with Gasteiger partial charge in [-0.05, 0) is 36.6 Å². The molecule has 3 N–H and O–H groups in total. The molecule has 112 valence electrons. The van der Waals surface area contributed by atoms with Gasteiger partial charge in [0.2, 0.25) is 0 Å². The van der Waals surface area contributed by atoms with Gasteiger partial charge in [0.15, 0.2) is 0 Å². The molecule has 0 atom stereocenters. The zero-order chi connectivity index (χ0) is 13.9. The molecule has 0 amide bonds. The Morgan fingerprint density at radius 3 is 2.80 bits per heavy atom. The second-order valence-corrected chi connectivity index (χ2v) is 5.99. The summed E-state index contributed by atoms with van der Waals surface area (Å²) in [6.07, 6.45) is 5.18. The number of ether oxygens (including phenoxy) is 1. The van der Waals surface area contributed by atoms with Crippen molar-refractivity contribution in [1.82, 2.24) is 0 Å². The van der Waals surface area contributed by atoms with Crippen LogP contribution in [0.25, 0.3) is 0 Å². The normalized spacial score (nSPS) is 13.6. The summed E-state index contributed by atoms with van der Waals surface area (Å²) in [4.78, 5) is 1.99. The second kappa shape index (κ2) is 6.74. The molecule has 2 rings (SSSR count). The first kappa shape index (κ1) is 16.5. The van der Waals surface area contributed by atoms with E-state index in [0.29, 0.717) is 13.0 Å². The van der Waals surface area contributed by atoms with E-state index >= 15 is 0 Å². The van der Waals surface area contributed by atoms with E-state index < -0.39 is 10.1 Å². The minimum Gasteiger partial charge on any atom is -0.497 e. The van der Waals surface area contributed by atoms with Crippen LogP contribution in [0.15, 0.2) is 30.5 Å². The van der Waals surface area contributed by atoms with Gasteiger partial charge in [-0.25, -0.2) is 0 Å². The molecule has 0 unspecified atom stereocenters. The molecule has 0 radical (unpaired) electrons. The number of allylic oxidation sites excluding steroid dienone is 1. The topological polar surface area (TPSA) is 98.3 Å². The van der Waals surface area contributed by atoms with Crippen LogP contribution in [0, 0.1) is 0 Å². The lowest BCUT2D eigenvalue weighted by Crippen LogP contribution is -2.23. The zero-order valence-electron chi connectivity index (χ0n) is 11.2. The Labute approximate surface area is 118 Å². The van der Waals surface area contributed by atoms with Crippen molar-refractivity contribution in [2.45, 2.75) is 12.8 Å². The third kappa shape index (κ3) is 4.22. The van der Waals surface area contributed by atoms with Crippen LogP contribution in [-0.2, 0) is 16.5 Å². The molecule has 0 aromatic heterocycles. The third-order valence-corrected chi connectivity index (χ3v) is 3.83. The molecule has 6 nitrogen and oxygen atoms in total. The summed E-state index contributed by atoms with van der Waals surface area (Å²) < 4.78 is 35.3. The zero-order valence-corrected chi connectivity index (χ0v) is 12.1. The molecule has 0 spiro atoms. The van der Waals surface area contributed by atoms with Crippen LogP contribution in [-0.4, -0.2) is 37.9 Å². The van der Waals surface area contributed by atoms with Gasteiger partial charge in [-0.2, -0.15) is 8.42 Å². The van der Waals surface area contributed by atoms with Gasteiger partial charge in [-0.3, -0.25) is 4.55 Å². The first-order valence-electron chi connectivity index (χ1n) is 6.05. The van der Waals surface area contributed by atoms with Crippen molar-refractivity contribution in [3.8, 4) is 5.75 Å². The van der Waals surface area contributed by atoms with E-state index in [1.54, 1.807) is 7.11 Å². The molecule has 0 fully saturated rings. The largest absolute Gasteiger partial charge is 0.497 e. The Morgan fingerprint density at radius 1 is 1.40 bits per heavy atom. The molecule has 1 aliphatic heterocycles. The standard InChI is InChI=1S/C13H17NO4S.H2O/c1-18-12-5-6-13-11(10-12)4-2-7-14(13)8-3-9-19(15,16)17;/h2,5-7,10H,3-4,8-9H2,1H3,(H,15,16,17);1H2. The lowest BCUT2D eigenvalue weighted by Gasteiger charge is -2.26. The minimum absolute atomic E-state index is 0. The van der Waals surface area contributed by atoms with Crippen LogP contribution in [0.4, 0.5) is 5.69 Å². The second-order valence-electron chi connectivity index (χ2n) is 4.42. The van der Waals surface area contributed by atoms with Crippen LogP contribution in [0.5, 0.6) is 5.75 Å². The molecule has 1 aromatic rings. The molecule has 7 heteroatoms. The van der Waals surface area contributed by atoms with E-state index in [-0.39, 0.29) is 11.2 Å². The van der Waals surface area contributed by atoms with Crippen molar-refractivity contribution in [2.24, 2.45) is 0 Å². The van der Waals surface area contributed by atoms with Crippen LogP contribution in [0.1, 0.15) is 12.0 Å². The molecule has 0 aliphatic carbocycles. The van der Waals surface area contributed by atoms with Crippen LogP contribution >= 0.6 is 0 Å². The summed E-state index contributed by atoms with van der Waals surface area (Å²) >= 11 is 0. The molecule has 1 aliphatic rings. The summed E-state index contributed by atoms with van der Waals surface area (Å²) in [7, 11) is -2.25.